The number of hydrogen-bond acceptors (Lipinski definition) is 3. The molecule has 0 aliphatic heterocycles. The topological polar surface area (TPSA) is 55.4 Å². The van der Waals surface area contributed by atoms with Crippen molar-refractivity contribution in [1.82, 2.24) is 4.72 Å². The van der Waals surface area contributed by atoms with Crippen molar-refractivity contribution in [2.24, 2.45) is 0 Å². The zero-order valence-corrected chi connectivity index (χ0v) is 11.8. The van der Waals surface area contributed by atoms with Crippen molar-refractivity contribution < 1.29 is 13.2 Å². The van der Waals surface area contributed by atoms with Crippen LogP contribution in [-0.4, -0.2) is 22.1 Å². The molecule has 0 amide bonds. The molecule has 1 N–H and O–H groups in total. The fourth-order valence-corrected chi connectivity index (χ4v) is 2.67. The first-order valence-corrected chi connectivity index (χ1v) is 7.72. The van der Waals surface area contributed by atoms with Gasteiger partial charge in [-0.05, 0) is 30.7 Å². The SMILES string of the molecule is CCCCCCNS(=O)(=O)c1ccc(OC)cc1. The van der Waals surface area contributed by atoms with Crippen molar-refractivity contribution in [1.29, 1.82) is 0 Å². The van der Waals surface area contributed by atoms with Crippen LogP contribution in [0.25, 0.3) is 0 Å². The van der Waals surface area contributed by atoms with Crippen molar-refractivity contribution in [3.63, 3.8) is 0 Å². The lowest BCUT2D eigenvalue weighted by molar-refractivity contribution is 0.414. The maximum Gasteiger partial charge on any atom is 0.240 e. The number of rotatable bonds is 8. The number of ether oxygens (including phenoxy) is 1. The predicted molar refractivity (Wildman–Crippen MR) is 72.3 cm³/mol. The molecule has 0 bridgehead atoms. The molecule has 18 heavy (non-hydrogen) atoms. The van der Waals surface area contributed by atoms with E-state index in [1.807, 2.05) is 0 Å². The second-order valence-corrected chi connectivity index (χ2v) is 5.90. The van der Waals surface area contributed by atoms with E-state index < -0.39 is 10.0 Å². The van der Waals surface area contributed by atoms with E-state index in [2.05, 4.69) is 11.6 Å². The van der Waals surface area contributed by atoms with Gasteiger partial charge in [0.2, 0.25) is 10.0 Å². The first-order valence-electron chi connectivity index (χ1n) is 6.24. The smallest absolute Gasteiger partial charge is 0.240 e. The summed E-state index contributed by atoms with van der Waals surface area (Å²) in [4.78, 5) is 0.277. The van der Waals surface area contributed by atoms with Gasteiger partial charge in [-0.25, -0.2) is 13.1 Å². The van der Waals surface area contributed by atoms with Gasteiger partial charge in [-0.1, -0.05) is 26.2 Å². The molecule has 0 heterocycles. The van der Waals surface area contributed by atoms with Gasteiger partial charge in [-0.2, -0.15) is 0 Å². The molecule has 4 nitrogen and oxygen atoms in total. The zero-order chi connectivity index (χ0) is 13.4. The molecule has 0 unspecified atom stereocenters. The third-order valence-electron chi connectivity index (χ3n) is 2.69. The molecule has 0 radical (unpaired) electrons. The third-order valence-corrected chi connectivity index (χ3v) is 4.17. The summed E-state index contributed by atoms with van der Waals surface area (Å²) in [6.07, 6.45) is 4.22. The van der Waals surface area contributed by atoms with E-state index in [4.69, 9.17) is 4.74 Å². The highest BCUT2D eigenvalue weighted by Crippen LogP contribution is 2.15. The summed E-state index contributed by atoms with van der Waals surface area (Å²) in [5.74, 6) is 0.650. The lowest BCUT2D eigenvalue weighted by Crippen LogP contribution is -2.24. The molecule has 1 rings (SSSR count). The highest BCUT2D eigenvalue weighted by molar-refractivity contribution is 7.89. The molecule has 0 fully saturated rings. The van der Waals surface area contributed by atoms with Gasteiger partial charge in [0.25, 0.3) is 0 Å². The first kappa shape index (κ1) is 15.0. The molecular formula is C13H21NO3S. The summed E-state index contributed by atoms with van der Waals surface area (Å²) in [6.45, 7) is 2.62. The van der Waals surface area contributed by atoms with Crippen LogP contribution in [0.4, 0.5) is 0 Å². The highest BCUT2D eigenvalue weighted by atomic mass is 32.2. The Morgan fingerprint density at radius 2 is 1.78 bits per heavy atom. The predicted octanol–water partition coefficient (Wildman–Crippen LogP) is 2.55. The van der Waals surface area contributed by atoms with E-state index in [1.54, 1.807) is 31.4 Å². The second-order valence-electron chi connectivity index (χ2n) is 4.13. The standard InChI is InChI=1S/C13H21NO3S/c1-3-4-5-6-11-14-18(15,16)13-9-7-12(17-2)8-10-13/h7-10,14H,3-6,11H2,1-2H3. The van der Waals surface area contributed by atoms with Crippen LogP contribution in [0.15, 0.2) is 29.2 Å². The monoisotopic (exact) mass is 271 g/mol. The average molecular weight is 271 g/mol. The van der Waals surface area contributed by atoms with Crippen molar-refractivity contribution in [3.05, 3.63) is 24.3 Å². The summed E-state index contributed by atoms with van der Waals surface area (Å²) in [7, 11) is -1.83. The van der Waals surface area contributed by atoms with Crippen LogP contribution in [0.2, 0.25) is 0 Å². The number of methoxy groups -OCH3 is 1. The van der Waals surface area contributed by atoms with E-state index in [0.717, 1.165) is 25.7 Å². The zero-order valence-electron chi connectivity index (χ0n) is 11.0. The van der Waals surface area contributed by atoms with Gasteiger partial charge in [0, 0.05) is 6.54 Å². The fraction of sp³-hybridized carbons (Fsp3) is 0.538. The Hall–Kier alpha value is -1.07. The summed E-state index contributed by atoms with van der Waals surface area (Å²) in [5.41, 5.74) is 0. The minimum absolute atomic E-state index is 0.277. The van der Waals surface area contributed by atoms with E-state index in [0.29, 0.717) is 12.3 Å². The van der Waals surface area contributed by atoms with Gasteiger partial charge in [-0.15, -0.1) is 0 Å². The Morgan fingerprint density at radius 3 is 2.33 bits per heavy atom. The molecule has 1 aromatic carbocycles. The van der Waals surface area contributed by atoms with E-state index >= 15 is 0 Å². The van der Waals surface area contributed by atoms with Crippen molar-refractivity contribution in [2.75, 3.05) is 13.7 Å². The van der Waals surface area contributed by atoms with Gasteiger partial charge in [0.05, 0.1) is 12.0 Å². The van der Waals surface area contributed by atoms with Crippen molar-refractivity contribution in [2.45, 2.75) is 37.5 Å². The molecule has 102 valence electrons. The second kappa shape index (κ2) is 7.38. The molecule has 0 saturated carbocycles. The van der Waals surface area contributed by atoms with Gasteiger partial charge in [0.15, 0.2) is 0 Å². The Labute approximate surface area is 109 Å². The number of hydrogen-bond donors (Lipinski definition) is 1. The molecule has 0 aromatic heterocycles. The normalized spacial score (nSPS) is 11.4. The van der Waals surface area contributed by atoms with Gasteiger partial charge >= 0.3 is 0 Å². The van der Waals surface area contributed by atoms with Gasteiger partial charge in [-0.3, -0.25) is 0 Å². The largest absolute Gasteiger partial charge is 0.497 e. The lowest BCUT2D eigenvalue weighted by atomic mass is 10.2. The molecule has 0 aliphatic rings. The van der Waals surface area contributed by atoms with Crippen LogP contribution in [-0.2, 0) is 10.0 Å². The summed E-state index contributed by atoms with van der Waals surface area (Å²) in [5, 5.41) is 0. The fourth-order valence-electron chi connectivity index (χ4n) is 1.60. The van der Waals surface area contributed by atoms with Crippen LogP contribution >= 0.6 is 0 Å². The maximum atomic E-state index is 11.9. The van der Waals surface area contributed by atoms with E-state index in [9.17, 15) is 8.42 Å². The van der Waals surface area contributed by atoms with Crippen molar-refractivity contribution >= 4 is 10.0 Å². The molecular weight excluding hydrogens is 250 g/mol. The van der Waals surface area contributed by atoms with Crippen LogP contribution in [0, 0.1) is 0 Å². The van der Waals surface area contributed by atoms with Crippen molar-refractivity contribution in [3.8, 4) is 5.75 Å². The molecule has 0 aliphatic carbocycles. The number of unbranched alkanes of at least 4 members (excludes halogenated alkanes) is 3. The van der Waals surface area contributed by atoms with Crippen LogP contribution in [0.3, 0.4) is 0 Å². The minimum atomic E-state index is -3.38. The first-order chi connectivity index (χ1) is 8.60. The molecule has 1 aromatic rings. The van der Waals surface area contributed by atoms with E-state index in [-0.39, 0.29) is 4.90 Å². The Kier molecular flexibility index (Phi) is 6.15. The lowest BCUT2D eigenvalue weighted by Gasteiger charge is -2.07. The third kappa shape index (κ3) is 4.66. The van der Waals surface area contributed by atoms with Crippen LogP contribution in [0.5, 0.6) is 5.75 Å². The molecule has 0 spiro atoms. The minimum Gasteiger partial charge on any atom is -0.497 e. The Bertz CT molecular complexity index is 440. The molecule has 0 atom stereocenters. The van der Waals surface area contributed by atoms with Crippen LogP contribution < -0.4 is 9.46 Å². The summed E-state index contributed by atoms with van der Waals surface area (Å²) >= 11 is 0. The quantitative estimate of drug-likeness (QED) is 0.739. The summed E-state index contributed by atoms with van der Waals surface area (Å²) < 4.78 is 31.4. The maximum absolute atomic E-state index is 11.9. The molecule has 5 heteroatoms. The van der Waals surface area contributed by atoms with Crippen LogP contribution in [0.1, 0.15) is 32.6 Å². The number of benzene rings is 1. The Morgan fingerprint density at radius 1 is 1.11 bits per heavy atom. The summed E-state index contributed by atoms with van der Waals surface area (Å²) in [6, 6.07) is 6.39. The van der Waals surface area contributed by atoms with Gasteiger partial charge in [0.1, 0.15) is 5.75 Å². The molecule has 0 saturated heterocycles. The Balaban J connectivity index is 2.51. The average Bonchev–Trinajstić information content (AvgIpc) is 2.38. The van der Waals surface area contributed by atoms with Gasteiger partial charge < -0.3 is 4.74 Å². The van der Waals surface area contributed by atoms with E-state index in [1.165, 1.54) is 0 Å². The number of nitrogens with one attached hydrogen (secondary N) is 1. The number of sulfonamides is 1. The highest BCUT2D eigenvalue weighted by Gasteiger charge is 2.12.